The summed E-state index contributed by atoms with van der Waals surface area (Å²) < 4.78 is 8.02. The number of aliphatic hydroxyl groups excluding tert-OH is 1. The highest BCUT2D eigenvalue weighted by molar-refractivity contribution is 5.69. The first kappa shape index (κ1) is 28.3. The van der Waals surface area contributed by atoms with Gasteiger partial charge in [0.05, 0.1) is 24.0 Å². The quantitative estimate of drug-likeness (QED) is 0.152. The predicted molar refractivity (Wildman–Crippen MR) is 167 cm³/mol. The molecule has 0 saturated heterocycles. The van der Waals surface area contributed by atoms with E-state index in [9.17, 15) is 0 Å². The number of unbranched alkanes of at least 4 members (excludes halogenated alkanes) is 1. The lowest BCUT2D eigenvalue weighted by molar-refractivity contribution is 0.201. The predicted octanol–water partition coefficient (Wildman–Crippen LogP) is 7.46. The van der Waals surface area contributed by atoms with Crippen LogP contribution in [-0.4, -0.2) is 27.9 Å². The second kappa shape index (κ2) is 14.4. The zero-order chi connectivity index (χ0) is 28.3. The first-order chi connectivity index (χ1) is 20.3. The molecule has 5 aromatic rings. The number of benzene rings is 4. The Bertz CT molecular complexity index is 1470. The number of hydrogen-bond donors (Lipinski definition) is 2. The molecule has 0 spiro atoms. The molecule has 0 amide bonds. The van der Waals surface area contributed by atoms with Crippen molar-refractivity contribution in [1.82, 2.24) is 14.9 Å². The molecule has 2 N–H and O–H groups in total. The van der Waals surface area contributed by atoms with Crippen molar-refractivity contribution in [2.45, 2.75) is 45.3 Å². The van der Waals surface area contributed by atoms with Crippen molar-refractivity contribution in [2.75, 3.05) is 13.2 Å². The maximum atomic E-state index is 9.07. The minimum atomic E-state index is 0.00487. The van der Waals surface area contributed by atoms with Crippen LogP contribution in [0.5, 0.6) is 5.75 Å². The topological polar surface area (TPSA) is 59.3 Å². The van der Waals surface area contributed by atoms with Gasteiger partial charge in [-0.15, -0.1) is 0 Å². The second-order valence-corrected chi connectivity index (χ2v) is 10.2. The molecule has 0 aliphatic carbocycles. The number of aliphatic hydroxyl groups is 1. The van der Waals surface area contributed by atoms with Gasteiger partial charge in [0.2, 0.25) is 0 Å². The number of rotatable bonds is 14. The Labute approximate surface area is 243 Å². The largest absolute Gasteiger partial charge is 0.491 e. The van der Waals surface area contributed by atoms with E-state index in [0.717, 1.165) is 54.2 Å². The van der Waals surface area contributed by atoms with Crippen LogP contribution in [0.1, 0.15) is 42.6 Å². The Morgan fingerprint density at radius 1 is 0.780 bits per heavy atom. The molecule has 5 nitrogen and oxygen atoms in total. The van der Waals surface area contributed by atoms with Crippen molar-refractivity contribution >= 4 is 0 Å². The maximum absolute atomic E-state index is 9.07. The van der Waals surface area contributed by atoms with Crippen LogP contribution < -0.4 is 10.1 Å². The number of nitrogens with one attached hydrogen (secondary N) is 1. The summed E-state index contributed by atoms with van der Waals surface area (Å²) in [6, 6.07) is 39.9. The lowest BCUT2D eigenvalue weighted by atomic mass is 9.98. The molecule has 1 aromatic heterocycles. The third kappa shape index (κ3) is 7.31. The standard InChI is InChI=1S/C36H39N3O2/c1-2-3-23-39-35(34(30-15-9-5-10-16-30)38-36(39)31-17-11-6-12-18-31)33(26-28-13-7-4-8-14-28)37-27-29-19-21-32(22-20-29)41-25-24-40/h4-22,33,37,40H,2-3,23-27H2,1H3. The maximum Gasteiger partial charge on any atom is 0.140 e. The minimum absolute atomic E-state index is 0.00487. The van der Waals surface area contributed by atoms with E-state index in [1.54, 1.807) is 0 Å². The van der Waals surface area contributed by atoms with Gasteiger partial charge in [-0.2, -0.15) is 0 Å². The molecule has 210 valence electrons. The van der Waals surface area contributed by atoms with Crippen molar-refractivity contribution in [3.05, 3.63) is 132 Å². The molecular formula is C36H39N3O2. The second-order valence-electron chi connectivity index (χ2n) is 10.2. The van der Waals surface area contributed by atoms with Crippen LogP contribution in [-0.2, 0) is 19.5 Å². The van der Waals surface area contributed by atoms with Gasteiger partial charge in [0.1, 0.15) is 18.2 Å². The van der Waals surface area contributed by atoms with Gasteiger partial charge in [-0.05, 0) is 36.1 Å². The fraction of sp³-hybridized carbons (Fsp3) is 0.250. The van der Waals surface area contributed by atoms with Crippen LogP contribution in [0.2, 0.25) is 0 Å². The molecule has 0 bridgehead atoms. The van der Waals surface area contributed by atoms with Gasteiger partial charge in [-0.25, -0.2) is 4.98 Å². The van der Waals surface area contributed by atoms with E-state index in [2.05, 4.69) is 120 Å². The van der Waals surface area contributed by atoms with Gasteiger partial charge < -0.3 is 19.7 Å². The molecule has 0 saturated carbocycles. The number of imidazole rings is 1. The summed E-state index contributed by atoms with van der Waals surface area (Å²) in [4.78, 5) is 5.35. The third-order valence-corrected chi connectivity index (χ3v) is 7.27. The van der Waals surface area contributed by atoms with E-state index in [1.165, 1.54) is 16.8 Å². The first-order valence-electron chi connectivity index (χ1n) is 14.6. The molecule has 1 atom stereocenters. The zero-order valence-corrected chi connectivity index (χ0v) is 23.7. The number of ether oxygens (including phenoxy) is 1. The first-order valence-corrected chi connectivity index (χ1v) is 14.6. The van der Waals surface area contributed by atoms with Crippen LogP contribution in [0.25, 0.3) is 22.6 Å². The van der Waals surface area contributed by atoms with Crippen molar-refractivity contribution < 1.29 is 9.84 Å². The lowest BCUT2D eigenvalue weighted by Crippen LogP contribution is -2.26. The Morgan fingerprint density at radius 3 is 2.05 bits per heavy atom. The zero-order valence-electron chi connectivity index (χ0n) is 23.7. The fourth-order valence-corrected chi connectivity index (χ4v) is 5.20. The Balaban J connectivity index is 1.58. The molecule has 0 aliphatic rings. The van der Waals surface area contributed by atoms with E-state index in [1.807, 2.05) is 12.1 Å². The van der Waals surface area contributed by atoms with Crippen molar-refractivity contribution in [3.8, 4) is 28.4 Å². The summed E-state index contributed by atoms with van der Waals surface area (Å²) in [5, 5.41) is 13.0. The average Bonchev–Trinajstić information content (AvgIpc) is 3.42. The molecule has 1 heterocycles. The van der Waals surface area contributed by atoms with Gasteiger partial charge in [0.25, 0.3) is 0 Å². The van der Waals surface area contributed by atoms with Crippen LogP contribution >= 0.6 is 0 Å². The van der Waals surface area contributed by atoms with Gasteiger partial charge >= 0.3 is 0 Å². The summed E-state index contributed by atoms with van der Waals surface area (Å²) >= 11 is 0. The van der Waals surface area contributed by atoms with Gasteiger partial charge in [-0.3, -0.25) is 0 Å². The van der Waals surface area contributed by atoms with Crippen LogP contribution in [0.3, 0.4) is 0 Å². The molecule has 0 aliphatic heterocycles. The van der Waals surface area contributed by atoms with Gasteiger partial charge in [0.15, 0.2) is 0 Å². The molecule has 5 rings (SSSR count). The van der Waals surface area contributed by atoms with Crippen molar-refractivity contribution in [1.29, 1.82) is 0 Å². The smallest absolute Gasteiger partial charge is 0.140 e. The average molecular weight is 546 g/mol. The summed E-state index contributed by atoms with van der Waals surface area (Å²) in [5.41, 5.74) is 6.95. The minimum Gasteiger partial charge on any atom is -0.491 e. The molecule has 0 radical (unpaired) electrons. The van der Waals surface area contributed by atoms with E-state index in [-0.39, 0.29) is 12.6 Å². The van der Waals surface area contributed by atoms with Gasteiger partial charge in [-0.1, -0.05) is 116 Å². The molecule has 1 unspecified atom stereocenters. The van der Waals surface area contributed by atoms with Crippen LogP contribution in [0.15, 0.2) is 115 Å². The molecule has 41 heavy (non-hydrogen) atoms. The summed E-state index contributed by atoms with van der Waals surface area (Å²) in [7, 11) is 0. The fourth-order valence-electron chi connectivity index (χ4n) is 5.20. The van der Waals surface area contributed by atoms with Crippen LogP contribution in [0.4, 0.5) is 0 Å². The van der Waals surface area contributed by atoms with E-state index in [0.29, 0.717) is 13.2 Å². The van der Waals surface area contributed by atoms with Crippen molar-refractivity contribution in [3.63, 3.8) is 0 Å². The third-order valence-electron chi connectivity index (χ3n) is 7.27. The summed E-state index contributed by atoms with van der Waals surface area (Å²) in [6.45, 7) is 4.14. The normalized spacial score (nSPS) is 11.9. The SMILES string of the molecule is CCCCn1c(-c2ccccc2)nc(-c2ccccc2)c1C(Cc1ccccc1)NCc1ccc(OCCO)cc1. The van der Waals surface area contributed by atoms with E-state index >= 15 is 0 Å². The number of aromatic nitrogens is 2. The van der Waals surface area contributed by atoms with Gasteiger partial charge in [0, 0.05) is 24.2 Å². The Hall–Kier alpha value is -4.19. The monoisotopic (exact) mass is 545 g/mol. The lowest BCUT2D eigenvalue weighted by Gasteiger charge is -2.24. The van der Waals surface area contributed by atoms with E-state index in [4.69, 9.17) is 14.8 Å². The summed E-state index contributed by atoms with van der Waals surface area (Å²) in [5.74, 6) is 1.78. The molecule has 4 aromatic carbocycles. The number of hydrogen-bond acceptors (Lipinski definition) is 4. The highest BCUT2D eigenvalue weighted by Crippen LogP contribution is 2.35. The molecule has 0 fully saturated rings. The molecular weight excluding hydrogens is 506 g/mol. The Kier molecular flexibility index (Phi) is 9.99. The van der Waals surface area contributed by atoms with Crippen LogP contribution in [0, 0.1) is 0 Å². The van der Waals surface area contributed by atoms with E-state index < -0.39 is 0 Å². The molecule has 5 heteroatoms. The highest BCUT2D eigenvalue weighted by atomic mass is 16.5. The van der Waals surface area contributed by atoms with Crippen molar-refractivity contribution in [2.24, 2.45) is 0 Å². The Morgan fingerprint density at radius 2 is 1.41 bits per heavy atom. The summed E-state index contributed by atoms with van der Waals surface area (Å²) in [6.07, 6.45) is 3.02. The number of nitrogens with zero attached hydrogens (tertiary/aromatic N) is 2. The highest BCUT2D eigenvalue weighted by Gasteiger charge is 2.26.